The molecule has 1 aromatic rings. The van der Waals surface area contributed by atoms with Crippen molar-refractivity contribution in [2.75, 3.05) is 19.6 Å². The largest absolute Gasteiger partial charge is 0.356 e. The Morgan fingerprint density at radius 2 is 2.25 bits per heavy atom. The molecule has 0 radical (unpaired) electrons. The fraction of sp³-hybridized carbons (Fsp3) is 0.462. The summed E-state index contributed by atoms with van der Waals surface area (Å²) in [6.45, 7) is 1.86. The quantitative estimate of drug-likeness (QED) is 0.693. The third-order valence-corrected chi connectivity index (χ3v) is 2.95. The van der Waals surface area contributed by atoms with Crippen molar-refractivity contribution in [2.45, 2.75) is 18.9 Å². The van der Waals surface area contributed by atoms with Gasteiger partial charge in [-0.2, -0.15) is 0 Å². The third-order valence-electron chi connectivity index (χ3n) is 2.95. The van der Waals surface area contributed by atoms with E-state index < -0.39 is 6.04 Å². The number of carbonyl (C=O) groups excluding carboxylic acids is 2. The summed E-state index contributed by atoms with van der Waals surface area (Å²) in [5.74, 6) is -0.225. The molecule has 0 aliphatic carbocycles. The molecule has 1 aromatic heterocycles. The Labute approximate surface area is 124 Å². The zero-order valence-corrected chi connectivity index (χ0v) is 11.9. The van der Waals surface area contributed by atoms with Crippen LogP contribution in [0.3, 0.4) is 0 Å². The molecule has 110 valence electrons. The van der Waals surface area contributed by atoms with Crippen molar-refractivity contribution in [1.29, 1.82) is 0 Å². The standard InChI is InChI=1S/C13H18N4O2.ClH/c18-12(9-11-13(19)17-8-7-15-11)16-6-4-10-3-1-2-5-14-10;/h1-3,5,11,15H,4,6-9H2,(H,16,18)(H,17,19);1H. The smallest absolute Gasteiger partial charge is 0.237 e. The number of halogens is 1. The van der Waals surface area contributed by atoms with Crippen molar-refractivity contribution in [2.24, 2.45) is 0 Å². The van der Waals surface area contributed by atoms with E-state index in [1.54, 1.807) is 6.20 Å². The normalized spacial score (nSPS) is 17.8. The molecule has 1 fully saturated rings. The first-order valence-corrected chi connectivity index (χ1v) is 6.43. The predicted octanol–water partition coefficient (Wildman–Crippen LogP) is -0.360. The fourth-order valence-corrected chi connectivity index (χ4v) is 1.95. The maximum Gasteiger partial charge on any atom is 0.237 e. The zero-order valence-electron chi connectivity index (χ0n) is 11.1. The van der Waals surface area contributed by atoms with Gasteiger partial charge in [0, 0.05) is 37.9 Å². The number of nitrogens with one attached hydrogen (secondary N) is 3. The van der Waals surface area contributed by atoms with Crippen LogP contribution in [-0.2, 0) is 16.0 Å². The van der Waals surface area contributed by atoms with E-state index in [0.717, 1.165) is 5.69 Å². The van der Waals surface area contributed by atoms with Crippen LogP contribution in [0.25, 0.3) is 0 Å². The number of hydrogen-bond donors (Lipinski definition) is 3. The van der Waals surface area contributed by atoms with E-state index in [9.17, 15) is 9.59 Å². The lowest BCUT2D eigenvalue weighted by Gasteiger charge is -2.22. The van der Waals surface area contributed by atoms with Crippen LogP contribution < -0.4 is 16.0 Å². The first-order valence-electron chi connectivity index (χ1n) is 6.43. The second-order valence-electron chi connectivity index (χ2n) is 4.42. The van der Waals surface area contributed by atoms with Gasteiger partial charge < -0.3 is 16.0 Å². The first-order chi connectivity index (χ1) is 9.25. The molecular formula is C13H19ClN4O2. The number of amides is 2. The summed E-state index contributed by atoms with van der Waals surface area (Å²) >= 11 is 0. The summed E-state index contributed by atoms with van der Waals surface area (Å²) in [7, 11) is 0. The van der Waals surface area contributed by atoms with Crippen molar-refractivity contribution < 1.29 is 9.59 Å². The second-order valence-corrected chi connectivity index (χ2v) is 4.42. The molecule has 0 spiro atoms. The number of aromatic nitrogens is 1. The minimum atomic E-state index is -0.413. The summed E-state index contributed by atoms with van der Waals surface area (Å²) < 4.78 is 0. The van der Waals surface area contributed by atoms with E-state index in [2.05, 4.69) is 20.9 Å². The molecule has 0 saturated carbocycles. The number of rotatable bonds is 5. The lowest BCUT2D eigenvalue weighted by atomic mass is 10.1. The Bertz CT molecular complexity index is 441. The van der Waals surface area contributed by atoms with Crippen molar-refractivity contribution in [3.8, 4) is 0 Å². The molecule has 1 aliphatic heterocycles. The molecule has 2 amide bonds. The highest BCUT2D eigenvalue weighted by molar-refractivity contribution is 5.88. The average molecular weight is 299 g/mol. The molecule has 1 aliphatic rings. The zero-order chi connectivity index (χ0) is 13.5. The van der Waals surface area contributed by atoms with E-state index in [4.69, 9.17) is 0 Å². The molecule has 0 bridgehead atoms. The third kappa shape index (κ3) is 5.14. The Kier molecular flexibility index (Phi) is 6.97. The van der Waals surface area contributed by atoms with E-state index in [1.807, 2.05) is 18.2 Å². The molecule has 1 unspecified atom stereocenters. The highest BCUT2D eigenvalue weighted by Gasteiger charge is 2.23. The Balaban J connectivity index is 0.00000200. The van der Waals surface area contributed by atoms with Crippen molar-refractivity contribution >= 4 is 24.2 Å². The van der Waals surface area contributed by atoms with Gasteiger partial charge in [0.1, 0.15) is 0 Å². The van der Waals surface area contributed by atoms with Gasteiger partial charge in [-0.1, -0.05) is 6.07 Å². The van der Waals surface area contributed by atoms with Crippen molar-refractivity contribution in [1.82, 2.24) is 20.9 Å². The van der Waals surface area contributed by atoms with Crippen LogP contribution >= 0.6 is 12.4 Å². The van der Waals surface area contributed by atoms with Crippen molar-refractivity contribution in [3.05, 3.63) is 30.1 Å². The maximum absolute atomic E-state index is 11.7. The van der Waals surface area contributed by atoms with Crippen LogP contribution in [0.5, 0.6) is 0 Å². The van der Waals surface area contributed by atoms with E-state index in [0.29, 0.717) is 26.1 Å². The van der Waals surface area contributed by atoms with Gasteiger partial charge in [0.2, 0.25) is 11.8 Å². The molecule has 0 aromatic carbocycles. The summed E-state index contributed by atoms with van der Waals surface area (Å²) in [5, 5.41) is 8.55. The predicted molar refractivity (Wildman–Crippen MR) is 77.6 cm³/mol. The topological polar surface area (TPSA) is 83.1 Å². The summed E-state index contributed by atoms with van der Waals surface area (Å²) in [6, 6.07) is 5.28. The van der Waals surface area contributed by atoms with E-state index >= 15 is 0 Å². The Hall–Kier alpha value is -1.66. The molecular weight excluding hydrogens is 280 g/mol. The molecule has 3 N–H and O–H groups in total. The first kappa shape index (κ1) is 16.4. The second kappa shape index (κ2) is 8.50. The van der Waals surface area contributed by atoms with Gasteiger partial charge in [0.15, 0.2) is 0 Å². The monoisotopic (exact) mass is 298 g/mol. The van der Waals surface area contributed by atoms with Crippen LogP contribution in [0.2, 0.25) is 0 Å². The van der Waals surface area contributed by atoms with Gasteiger partial charge in [-0.3, -0.25) is 14.6 Å². The van der Waals surface area contributed by atoms with E-state index in [-0.39, 0.29) is 30.6 Å². The maximum atomic E-state index is 11.7. The molecule has 6 nitrogen and oxygen atoms in total. The number of hydrogen-bond acceptors (Lipinski definition) is 4. The van der Waals surface area contributed by atoms with Crippen LogP contribution in [-0.4, -0.2) is 42.5 Å². The molecule has 1 saturated heterocycles. The fourth-order valence-electron chi connectivity index (χ4n) is 1.95. The van der Waals surface area contributed by atoms with Crippen LogP contribution in [0.15, 0.2) is 24.4 Å². The highest BCUT2D eigenvalue weighted by Crippen LogP contribution is 1.97. The van der Waals surface area contributed by atoms with Gasteiger partial charge in [-0.25, -0.2) is 0 Å². The molecule has 2 rings (SSSR count). The Morgan fingerprint density at radius 1 is 1.40 bits per heavy atom. The van der Waals surface area contributed by atoms with Gasteiger partial charge in [0.25, 0.3) is 0 Å². The number of pyridine rings is 1. The lowest BCUT2D eigenvalue weighted by Crippen LogP contribution is -2.54. The summed E-state index contributed by atoms with van der Waals surface area (Å²) in [5.41, 5.74) is 0.941. The molecule has 1 atom stereocenters. The SMILES string of the molecule is Cl.O=C(CC1NCCNC1=O)NCCc1ccccn1. The summed E-state index contributed by atoms with van der Waals surface area (Å²) in [4.78, 5) is 27.3. The molecule has 2 heterocycles. The number of piperazine rings is 1. The van der Waals surface area contributed by atoms with Gasteiger partial charge in [-0.05, 0) is 12.1 Å². The van der Waals surface area contributed by atoms with Gasteiger partial charge in [-0.15, -0.1) is 12.4 Å². The minimum Gasteiger partial charge on any atom is -0.356 e. The number of carbonyl (C=O) groups is 2. The van der Waals surface area contributed by atoms with E-state index in [1.165, 1.54) is 0 Å². The number of nitrogens with zero attached hydrogens (tertiary/aromatic N) is 1. The highest BCUT2D eigenvalue weighted by atomic mass is 35.5. The van der Waals surface area contributed by atoms with Gasteiger partial charge in [0.05, 0.1) is 12.5 Å². The lowest BCUT2D eigenvalue weighted by molar-refractivity contribution is -0.129. The average Bonchev–Trinajstić information content (AvgIpc) is 2.43. The van der Waals surface area contributed by atoms with Crippen LogP contribution in [0, 0.1) is 0 Å². The molecule has 7 heteroatoms. The molecule has 20 heavy (non-hydrogen) atoms. The van der Waals surface area contributed by atoms with Gasteiger partial charge >= 0.3 is 0 Å². The van der Waals surface area contributed by atoms with Crippen molar-refractivity contribution in [3.63, 3.8) is 0 Å². The Morgan fingerprint density at radius 3 is 2.95 bits per heavy atom. The minimum absolute atomic E-state index is 0. The summed E-state index contributed by atoms with van der Waals surface area (Å²) in [6.07, 6.45) is 2.60. The van der Waals surface area contributed by atoms with Crippen LogP contribution in [0.1, 0.15) is 12.1 Å². The van der Waals surface area contributed by atoms with Crippen LogP contribution in [0.4, 0.5) is 0 Å².